The van der Waals surface area contributed by atoms with Gasteiger partial charge in [0.1, 0.15) is 0 Å². The Labute approximate surface area is 93.9 Å². The molecule has 5 heteroatoms. The van der Waals surface area contributed by atoms with Crippen molar-refractivity contribution in [2.24, 2.45) is 5.92 Å². The molecule has 0 saturated heterocycles. The van der Waals surface area contributed by atoms with Crippen LogP contribution in [0.25, 0.3) is 0 Å². The average Bonchev–Trinajstić information content (AvgIpc) is 2.43. The number of aromatic carboxylic acids is 1. The number of carboxylic acids is 1. The zero-order valence-electron chi connectivity index (χ0n) is 9.12. The molecule has 0 aliphatic heterocycles. The Bertz CT molecular complexity index is 372. The topological polar surface area (TPSA) is 55.1 Å². The third kappa shape index (κ3) is 2.50. The van der Waals surface area contributed by atoms with Gasteiger partial charge in [0.15, 0.2) is 5.69 Å². The van der Waals surface area contributed by atoms with E-state index in [0.29, 0.717) is 12.5 Å². The summed E-state index contributed by atoms with van der Waals surface area (Å²) >= 11 is 5.98. The summed E-state index contributed by atoms with van der Waals surface area (Å²) in [5.41, 5.74) is 0.765. The van der Waals surface area contributed by atoms with Crippen LogP contribution in [-0.2, 0) is 13.0 Å². The van der Waals surface area contributed by atoms with E-state index in [1.807, 2.05) is 6.92 Å². The maximum absolute atomic E-state index is 10.8. The first-order chi connectivity index (χ1) is 6.97. The summed E-state index contributed by atoms with van der Waals surface area (Å²) in [5.74, 6) is -0.650. The van der Waals surface area contributed by atoms with E-state index in [1.165, 1.54) is 0 Å². The van der Waals surface area contributed by atoms with Crippen LogP contribution in [0.2, 0.25) is 5.02 Å². The molecule has 1 heterocycles. The van der Waals surface area contributed by atoms with Crippen molar-refractivity contribution in [3.05, 3.63) is 16.4 Å². The average molecular weight is 231 g/mol. The Kier molecular flexibility index (Phi) is 3.74. The van der Waals surface area contributed by atoms with Crippen molar-refractivity contribution in [1.82, 2.24) is 9.78 Å². The minimum absolute atomic E-state index is 0.0471. The van der Waals surface area contributed by atoms with E-state index in [0.717, 1.165) is 12.1 Å². The van der Waals surface area contributed by atoms with E-state index >= 15 is 0 Å². The van der Waals surface area contributed by atoms with Gasteiger partial charge in [-0.25, -0.2) is 4.79 Å². The highest BCUT2D eigenvalue weighted by Crippen LogP contribution is 2.23. The highest BCUT2D eigenvalue weighted by Gasteiger charge is 2.20. The van der Waals surface area contributed by atoms with E-state index in [2.05, 4.69) is 18.9 Å². The summed E-state index contributed by atoms with van der Waals surface area (Å²) in [6.07, 6.45) is 0.743. The van der Waals surface area contributed by atoms with E-state index in [4.69, 9.17) is 16.7 Å². The highest BCUT2D eigenvalue weighted by molar-refractivity contribution is 6.33. The van der Waals surface area contributed by atoms with Gasteiger partial charge in [-0.05, 0) is 19.3 Å². The minimum Gasteiger partial charge on any atom is -0.476 e. The third-order valence-electron chi connectivity index (χ3n) is 2.10. The van der Waals surface area contributed by atoms with Crippen molar-refractivity contribution in [3.63, 3.8) is 0 Å². The smallest absolute Gasteiger partial charge is 0.357 e. The molecule has 0 aromatic carbocycles. The summed E-state index contributed by atoms with van der Waals surface area (Å²) in [6.45, 7) is 6.67. The van der Waals surface area contributed by atoms with Gasteiger partial charge in [0, 0.05) is 6.54 Å². The highest BCUT2D eigenvalue weighted by atomic mass is 35.5. The van der Waals surface area contributed by atoms with Gasteiger partial charge in [0.05, 0.1) is 10.7 Å². The summed E-state index contributed by atoms with van der Waals surface area (Å²) < 4.78 is 1.66. The van der Waals surface area contributed by atoms with E-state index in [1.54, 1.807) is 4.68 Å². The second-order valence-electron chi connectivity index (χ2n) is 3.83. The molecular weight excluding hydrogens is 216 g/mol. The standard InChI is InChI=1S/C10H15ClN2O2/c1-4-13-7(5-6(2)3)8(11)9(12-13)10(14)15/h6H,4-5H2,1-3H3,(H,14,15). The fourth-order valence-electron chi connectivity index (χ4n) is 1.45. The van der Waals surface area contributed by atoms with Gasteiger partial charge in [-0.2, -0.15) is 5.10 Å². The first-order valence-corrected chi connectivity index (χ1v) is 5.33. The predicted molar refractivity (Wildman–Crippen MR) is 58.4 cm³/mol. The largest absolute Gasteiger partial charge is 0.476 e. The summed E-state index contributed by atoms with van der Waals surface area (Å²) in [4.78, 5) is 10.8. The number of rotatable bonds is 4. The zero-order chi connectivity index (χ0) is 11.6. The lowest BCUT2D eigenvalue weighted by atomic mass is 10.1. The first-order valence-electron chi connectivity index (χ1n) is 4.95. The Morgan fingerprint density at radius 1 is 1.60 bits per heavy atom. The third-order valence-corrected chi connectivity index (χ3v) is 2.49. The van der Waals surface area contributed by atoms with Crippen molar-refractivity contribution in [2.75, 3.05) is 0 Å². The van der Waals surface area contributed by atoms with Gasteiger partial charge in [-0.3, -0.25) is 4.68 Å². The van der Waals surface area contributed by atoms with Crippen molar-refractivity contribution >= 4 is 17.6 Å². The van der Waals surface area contributed by atoms with Crippen molar-refractivity contribution in [1.29, 1.82) is 0 Å². The Balaban J connectivity index is 3.17. The number of halogens is 1. The number of nitrogens with zero attached hydrogens (tertiary/aromatic N) is 2. The zero-order valence-corrected chi connectivity index (χ0v) is 9.88. The Hall–Kier alpha value is -1.03. The molecule has 1 aromatic heterocycles. The molecule has 4 nitrogen and oxygen atoms in total. The molecule has 0 spiro atoms. The number of aromatic nitrogens is 2. The molecule has 0 fully saturated rings. The summed E-state index contributed by atoms with van der Waals surface area (Å²) in [5, 5.41) is 13.1. The lowest BCUT2D eigenvalue weighted by Gasteiger charge is -2.07. The van der Waals surface area contributed by atoms with Crippen LogP contribution < -0.4 is 0 Å². The number of carboxylic acid groups (broad SMARTS) is 1. The van der Waals surface area contributed by atoms with Gasteiger partial charge < -0.3 is 5.11 Å². The van der Waals surface area contributed by atoms with Crippen LogP contribution in [0.1, 0.15) is 37.0 Å². The maximum atomic E-state index is 10.8. The molecule has 0 unspecified atom stereocenters. The Morgan fingerprint density at radius 3 is 2.60 bits per heavy atom. The monoisotopic (exact) mass is 230 g/mol. The van der Waals surface area contributed by atoms with Crippen molar-refractivity contribution in [2.45, 2.75) is 33.7 Å². The molecule has 84 valence electrons. The quantitative estimate of drug-likeness (QED) is 0.865. The van der Waals surface area contributed by atoms with Gasteiger partial charge in [0.2, 0.25) is 0 Å². The number of aryl methyl sites for hydroxylation is 1. The fraction of sp³-hybridized carbons (Fsp3) is 0.600. The normalized spacial score (nSPS) is 11.0. The van der Waals surface area contributed by atoms with Crippen LogP contribution in [0.15, 0.2) is 0 Å². The van der Waals surface area contributed by atoms with Gasteiger partial charge in [0.25, 0.3) is 0 Å². The van der Waals surface area contributed by atoms with Crippen LogP contribution in [0, 0.1) is 5.92 Å². The van der Waals surface area contributed by atoms with Crippen LogP contribution in [0.3, 0.4) is 0 Å². The molecule has 0 amide bonds. The lowest BCUT2D eigenvalue weighted by Crippen LogP contribution is -2.06. The van der Waals surface area contributed by atoms with Gasteiger partial charge in [-0.1, -0.05) is 25.4 Å². The molecule has 15 heavy (non-hydrogen) atoms. The van der Waals surface area contributed by atoms with E-state index in [-0.39, 0.29) is 10.7 Å². The van der Waals surface area contributed by atoms with E-state index in [9.17, 15) is 4.79 Å². The summed E-state index contributed by atoms with van der Waals surface area (Å²) in [6, 6.07) is 0. The second-order valence-corrected chi connectivity index (χ2v) is 4.21. The van der Waals surface area contributed by atoms with Crippen LogP contribution in [0.4, 0.5) is 0 Å². The lowest BCUT2D eigenvalue weighted by molar-refractivity contribution is 0.0689. The number of hydrogen-bond donors (Lipinski definition) is 1. The van der Waals surface area contributed by atoms with Crippen molar-refractivity contribution < 1.29 is 9.90 Å². The maximum Gasteiger partial charge on any atom is 0.357 e. The van der Waals surface area contributed by atoms with E-state index < -0.39 is 5.97 Å². The number of hydrogen-bond acceptors (Lipinski definition) is 2. The molecule has 0 saturated carbocycles. The molecule has 0 atom stereocenters. The molecular formula is C10H15ClN2O2. The van der Waals surface area contributed by atoms with Crippen LogP contribution >= 0.6 is 11.6 Å². The van der Waals surface area contributed by atoms with Crippen LogP contribution in [-0.4, -0.2) is 20.9 Å². The van der Waals surface area contributed by atoms with Crippen molar-refractivity contribution in [3.8, 4) is 0 Å². The second kappa shape index (κ2) is 4.66. The first kappa shape index (κ1) is 12.0. The Morgan fingerprint density at radius 2 is 2.20 bits per heavy atom. The predicted octanol–water partition coefficient (Wildman–Crippen LogP) is 2.45. The molecule has 0 aliphatic carbocycles. The molecule has 1 aromatic rings. The summed E-state index contributed by atoms with van der Waals surface area (Å²) in [7, 11) is 0. The molecule has 0 bridgehead atoms. The van der Waals surface area contributed by atoms with Gasteiger partial charge in [-0.15, -0.1) is 0 Å². The molecule has 1 rings (SSSR count). The van der Waals surface area contributed by atoms with Crippen LogP contribution in [0.5, 0.6) is 0 Å². The minimum atomic E-state index is -1.07. The fourth-order valence-corrected chi connectivity index (χ4v) is 1.75. The molecule has 0 radical (unpaired) electrons. The SMILES string of the molecule is CCn1nc(C(=O)O)c(Cl)c1CC(C)C. The molecule has 0 aliphatic rings. The van der Waals surface area contributed by atoms with Gasteiger partial charge >= 0.3 is 5.97 Å². The molecule has 1 N–H and O–H groups in total. The number of carbonyl (C=O) groups is 1.